The van der Waals surface area contributed by atoms with Gasteiger partial charge in [0.25, 0.3) is 5.91 Å². The number of carbonyl (C=O) groups excluding carboxylic acids is 1. The van der Waals surface area contributed by atoms with Crippen molar-refractivity contribution < 1.29 is 9.53 Å². The van der Waals surface area contributed by atoms with E-state index < -0.39 is 0 Å². The highest BCUT2D eigenvalue weighted by Crippen LogP contribution is 2.40. The first-order chi connectivity index (χ1) is 13.1. The number of rotatable bonds is 7. The van der Waals surface area contributed by atoms with Crippen LogP contribution in [-0.4, -0.2) is 67.1 Å². The number of pyridine rings is 1. The van der Waals surface area contributed by atoms with Gasteiger partial charge in [0.05, 0.1) is 17.2 Å². The van der Waals surface area contributed by atoms with Crippen molar-refractivity contribution in [3.63, 3.8) is 0 Å². The summed E-state index contributed by atoms with van der Waals surface area (Å²) >= 11 is 0. The molecule has 0 N–H and O–H groups in total. The predicted octanol–water partition coefficient (Wildman–Crippen LogP) is 3.30. The van der Waals surface area contributed by atoms with E-state index >= 15 is 0 Å². The van der Waals surface area contributed by atoms with Crippen molar-refractivity contribution in [2.75, 3.05) is 40.3 Å². The van der Waals surface area contributed by atoms with Crippen molar-refractivity contribution in [2.24, 2.45) is 0 Å². The second kappa shape index (κ2) is 7.95. The van der Waals surface area contributed by atoms with Crippen LogP contribution in [0.1, 0.15) is 47.7 Å². The van der Waals surface area contributed by atoms with Gasteiger partial charge in [0.15, 0.2) is 0 Å². The van der Waals surface area contributed by atoms with E-state index in [1.54, 1.807) is 0 Å². The lowest BCUT2D eigenvalue weighted by molar-refractivity contribution is 0.0513. The SMILES string of the molecule is CN(C)CCN(C[C@@H]1CCCO1)C(=O)c1cc(C2CC2)nc2ccccc12. The molecule has 1 saturated heterocycles. The van der Waals surface area contributed by atoms with Gasteiger partial charge in [0.1, 0.15) is 0 Å². The van der Waals surface area contributed by atoms with Crippen LogP contribution in [0.5, 0.6) is 0 Å². The lowest BCUT2D eigenvalue weighted by Crippen LogP contribution is -2.41. The van der Waals surface area contributed by atoms with Crippen LogP contribution in [0.4, 0.5) is 0 Å². The van der Waals surface area contributed by atoms with Gasteiger partial charge in [0, 0.05) is 43.2 Å². The zero-order valence-electron chi connectivity index (χ0n) is 16.4. The normalized spacial score (nSPS) is 19.7. The van der Waals surface area contributed by atoms with Gasteiger partial charge in [-0.3, -0.25) is 9.78 Å². The first-order valence-electron chi connectivity index (χ1n) is 10.1. The van der Waals surface area contributed by atoms with E-state index in [1.807, 2.05) is 49.3 Å². The molecule has 1 aliphatic heterocycles. The van der Waals surface area contributed by atoms with Crippen LogP contribution in [0.3, 0.4) is 0 Å². The van der Waals surface area contributed by atoms with Crippen LogP contribution >= 0.6 is 0 Å². The molecule has 5 heteroatoms. The van der Waals surface area contributed by atoms with E-state index in [4.69, 9.17) is 9.72 Å². The van der Waals surface area contributed by atoms with Crippen molar-refractivity contribution in [2.45, 2.75) is 37.7 Å². The summed E-state index contributed by atoms with van der Waals surface area (Å²) in [5, 5.41) is 0.953. The van der Waals surface area contributed by atoms with Gasteiger partial charge in [-0.05, 0) is 51.9 Å². The third-order valence-corrected chi connectivity index (χ3v) is 5.51. The Balaban J connectivity index is 1.66. The van der Waals surface area contributed by atoms with Gasteiger partial charge >= 0.3 is 0 Å². The van der Waals surface area contributed by atoms with E-state index in [1.165, 1.54) is 12.8 Å². The molecule has 2 aromatic rings. The monoisotopic (exact) mass is 367 g/mol. The van der Waals surface area contributed by atoms with Crippen LogP contribution in [0.15, 0.2) is 30.3 Å². The van der Waals surface area contributed by atoms with Crippen molar-refractivity contribution in [3.8, 4) is 0 Å². The molecule has 0 radical (unpaired) electrons. The zero-order chi connectivity index (χ0) is 18.8. The molecule has 1 aromatic heterocycles. The Morgan fingerprint density at radius 2 is 2.00 bits per heavy atom. The van der Waals surface area contributed by atoms with Crippen LogP contribution < -0.4 is 0 Å². The van der Waals surface area contributed by atoms with E-state index in [0.29, 0.717) is 19.0 Å². The highest BCUT2D eigenvalue weighted by atomic mass is 16.5. The molecular formula is C22H29N3O2. The second-order valence-corrected chi connectivity index (χ2v) is 8.08. The van der Waals surface area contributed by atoms with Gasteiger partial charge in [-0.15, -0.1) is 0 Å². The molecule has 5 nitrogen and oxygen atoms in total. The number of hydrogen-bond donors (Lipinski definition) is 0. The van der Waals surface area contributed by atoms with Crippen LogP contribution in [0.25, 0.3) is 10.9 Å². The van der Waals surface area contributed by atoms with Crippen LogP contribution in [-0.2, 0) is 4.74 Å². The molecule has 1 saturated carbocycles. The molecule has 4 rings (SSSR count). The number of likely N-dealkylation sites (N-methyl/N-ethyl adjacent to an activating group) is 1. The smallest absolute Gasteiger partial charge is 0.254 e. The third-order valence-electron chi connectivity index (χ3n) is 5.51. The summed E-state index contributed by atoms with van der Waals surface area (Å²) in [5.41, 5.74) is 2.79. The first-order valence-corrected chi connectivity index (χ1v) is 10.1. The number of para-hydroxylation sites is 1. The van der Waals surface area contributed by atoms with Crippen molar-refractivity contribution >= 4 is 16.8 Å². The molecule has 0 unspecified atom stereocenters. The topological polar surface area (TPSA) is 45.7 Å². The molecule has 2 heterocycles. The standard InChI is InChI=1S/C22H29N3O2/c1-24(2)11-12-25(15-17-6-5-13-27-17)22(26)19-14-21(16-9-10-16)23-20-8-4-3-7-18(19)20/h3-4,7-8,14,16-17H,5-6,9-13,15H2,1-2H3/t17-/m0/s1. The van der Waals surface area contributed by atoms with E-state index in [-0.39, 0.29) is 12.0 Å². The van der Waals surface area contributed by atoms with Gasteiger partial charge in [-0.25, -0.2) is 0 Å². The van der Waals surface area contributed by atoms with E-state index in [9.17, 15) is 4.79 Å². The number of fused-ring (bicyclic) bond motifs is 1. The van der Waals surface area contributed by atoms with Gasteiger partial charge in [0.2, 0.25) is 0 Å². The minimum atomic E-state index is 0.104. The summed E-state index contributed by atoms with van der Waals surface area (Å²) < 4.78 is 5.82. The minimum absolute atomic E-state index is 0.104. The molecule has 0 bridgehead atoms. The van der Waals surface area contributed by atoms with Crippen LogP contribution in [0.2, 0.25) is 0 Å². The summed E-state index contributed by atoms with van der Waals surface area (Å²) in [6.07, 6.45) is 4.64. The highest BCUT2D eigenvalue weighted by Gasteiger charge is 2.29. The largest absolute Gasteiger partial charge is 0.376 e. The fraction of sp³-hybridized carbons (Fsp3) is 0.545. The fourth-order valence-electron chi connectivity index (χ4n) is 3.76. The number of ether oxygens (including phenoxy) is 1. The van der Waals surface area contributed by atoms with E-state index in [2.05, 4.69) is 4.90 Å². The average molecular weight is 367 g/mol. The molecule has 144 valence electrons. The average Bonchev–Trinajstić information content (AvgIpc) is 3.40. The number of aromatic nitrogens is 1. The number of hydrogen-bond acceptors (Lipinski definition) is 4. The Hall–Kier alpha value is -1.98. The van der Waals surface area contributed by atoms with E-state index in [0.717, 1.165) is 48.2 Å². The Bertz CT molecular complexity index is 810. The summed E-state index contributed by atoms with van der Waals surface area (Å²) in [7, 11) is 4.09. The third kappa shape index (κ3) is 4.30. The molecule has 27 heavy (non-hydrogen) atoms. The van der Waals surface area contributed by atoms with Gasteiger partial charge in [-0.2, -0.15) is 0 Å². The maximum Gasteiger partial charge on any atom is 0.254 e. The molecule has 1 aromatic carbocycles. The van der Waals surface area contributed by atoms with Crippen molar-refractivity contribution in [1.29, 1.82) is 0 Å². The fourth-order valence-corrected chi connectivity index (χ4v) is 3.76. The summed E-state index contributed by atoms with van der Waals surface area (Å²) in [4.78, 5) is 22.5. The summed E-state index contributed by atoms with van der Waals surface area (Å²) in [5.74, 6) is 0.627. The molecule has 1 atom stereocenters. The first kappa shape index (κ1) is 18.4. The number of carbonyl (C=O) groups is 1. The highest BCUT2D eigenvalue weighted by molar-refractivity contribution is 6.06. The molecule has 2 aliphatic rings. The van der Waals surface area contributed by atoms with Crippen molar-refractivity contribution in [1.82, 2.24) is 14.8 Å². The lowest BCUT2D eigenvalue weighted by Gasteiger charge is -2.27. The Kier molecular flexibility index (Phi) is 5.41. The molecule has 0 spiro atoms. The minimum Gasteiger partial charge on any atom is -0.376 e. The zero-order valence-corrected chi connectivity index (χ0v) is 16.4. The predicted molar refractivity (Wildman–Crippen MR) is 107 cm³/mol. The van der Waals surface area contributed by atoms with Crippen molar-refractivity contribution in [3.05, 3.63) is 41.6 Å². The summed E-state index contributed by atoms with van der Waals surface area (Å²) in [6.45, 7) is 3.03. The maximum atomic E-state index is 13.6. The quantitative estimate of drug-likeness (QED) is 0.753. The second-order valence-electron chi connectivity index (χ2n) is 8.08. The Morgan fingerprint density at radius 1 is 1.19 bits per heavy atom. The molecule has 1 aliphatic carbocycles. The van der Waals surface area contributed by atoms with Crippen LogP contribution in [0, 0.1) is 0 Å². The number of amides is 1. The van der Waals surface area contributed by atoms with Gasteiger partial charge in [-0.1, -0.05) is 18.2 Å². The molecule has 2 fully saturated rings. The summed E-state index contributed by atoms with van der Waals surface area (Å²) in [6, 6.07) is 10.1. The number of nitrogens with zero attached hydrogens (tertiary/aromatic N) is 3. The van der Waals surface area contributed by atoms with Gasteiger partial charge < -0.3 is 14.5 Å². The maximum absolute atomic E-state index is 13.6. The molecule has 1 amide bonds. The Labute approximate surface area is 161 Å². The molecular weight excluding hydrogens is 338 g/mol. The lowest BCUT2D eigenvalue weighted by atomic mass is 10.0. The number of benzene rings is 1. The Morgan fingerprint density at radius 3 is 2.70 bits per heavy atom.